The van der Waals surface area contributed by atoms with Crippen molar-refractivity contribution in [1.29, 1.82) is 0 Å². The molecule has 0 amide bonds. The number of methoxy groups -OCH3 is 3. The predicted molar refractivity (Wildman–Crippen MR) is 124 cm³/mol. The van der Waals surface area contributed by atoms with Crippen LogP contribution in [0.4, 0.5) is 11.4 Å². The van der Waals surface area contributed by atoms with Gasteiger partial charge in [0.25, 0.3) is 15.7 Å². The number of ether oxygens (including phenoxy) is 3. The van der Waals surface area contributed by atoms with Crippen molar-refractivity contribution in [3.8, 4) is 17.2 Å². The third-order valence-electron chi connectivity index (χ3n) is 5.15. The van der Waals surface area contributed by atoms with Crippen molar-refractivity contribution < 1.29 is 27.6 Å². The molecule has 0 aliphatic rings. The van der Waals surface area contributed by atoms with Crippen LogP contribution in [0.3, 0.4) is 0 Å². The monoisotopic (exact) mass is 472 g/mol. The number of anilines is 1. The molecule has 0 saturated heterocycles. The van der Waals surface area contributed by atoms with Crippen molar-refractivity contribution >= 4 is 21.4 Å². The Labute approximate surface area is 192 Å². The number of nitro benzene ring substituents is 1. The highest BCUT2D eigenvalue weighted by Crippen LogP contribution is 2.39. The number of non-ortho nitro benzene ring substituents is 1. The van der Waals surface area contributed by atoms with Crippen molar-refractivity contribution in [3.05, 3.63) is 82.4 Å². The summed E-state index contributed by atoms with van der Waals surface area (Å²) in [6.07, 6.45) is 0. The Morgan fingerprint density at radius 2 is 1.52 bits per heavy atom. The Bertz CT molecular complexity index is 1240. The zero-order chi connectivity index (χ0) is 24.2. The first-order chi connectivity index (χ1) is 15.7. The maximum atomic E-state index is 13.8. The van der Waals surface area contributed by atoms with E-state index in [4.69, 9.17) is 14.2 Å². The van der Waals surface area contributed by atoms with E-state index in [2.05, 4.69) is 0 Å². The average Bonchev–Trinajstić information content (AvgIpc) is 2.83. The molecule has 0 radical (unpaired) electrons. The fourth-order valence-electron chi connectivity index (χ4n) is 3.46. The number of hydrogen-bond acceptors (Lipinski definition) is 7. The molecule has 0 aliphatic heterocycles. The molecule has 0 saturated carbocycles. The van der Waals surface area contributed by atoms with Crippen LogP contribution in [-0.2, 0) is 10.0 Å². The van der Waals surface area contributed by atoms with Gasteiger partial charge in [-0.2, -0.15) is 0 Å². The largest absolute Gasteiger partial charge is 0.497 e. The van der Waals surface area contributed by atoms with E-state index in [1.807, 2.05) is 0 Å². The zero-order valence-corrected chi connectivity index (χ0v) is 19.4. The third kappa shape index (κ3) is 4.85. The van der Waals surface area contributed by atoms with Crippen molar-refractivity contribution in [2.75, 3.05) is 25.6 Å². The maximum Gasteiger partial charge on any atom is 0.269 e. The Balaban J connectivity index is 2.21. The molecule has 174 valence electrons. The van der Waals surface area contributed by atoms with Gasteiger partial charge in [-0.25, -0.2) is 8.42 Å². The minimum absolute atomic E-state index is 0.0929. The first-order valence-corrected chi connectivity index (χ1v) is 11.3. The molecule has 0 bridgehead atoms. The molecule has 0 aliphatic carbocycles. The molecule has 3 rings (SSSR count). The fourth-order valence-corrected chi connectivity index (χ4v) is 5.09. The van der Waals surface area contributed by atoms with Gasteiger partial charge in [-0.05, 0) is 49.4 Å². The van der Waals surface area contributed by atoms with E-state index in [1.165, 1.54) is 37.8 Å². The van der Waals surface area contributed by atoms with Crippen LogP contribution in [0.25, 0.3) is 0 Å². The number of benzene rings is 3. The van der Waals surface area contributed by atoms with E-state index in [9.17, 15) is 18.5 Å². The highest BCUT2D eigenvalue weighted by molar-refractivity contribution is 7.92. The molecule has 0 aromatic heterocycles. The van der Waals surface area contributed by atoms with E-state index >= 15 is 0 Å². The van der Waals surface area contributed by atoms with Gasteiger partial charge in [0.1, 0.15) is 17.2 Å². The van der Waals surface area contributed by atoms with Gasteiger partial charge in [-0.1, -0.05) is 6.07 Å². The maximum absolute atomic E-state index is 13.8. The normalized spacial score (nSPS) is 12.0. The van der Waals surface area contributed by atoms with Crippen LogP contribution in [0.5, 0.6) is 17.2 Å². The number of nitrogens with zero attached hydrogens (tertiary/aromatic N) is 2. The topological polar surface area (TPSA) is 108 Å². The summed E-state index contributed by atoms with van der Waals surface area (Å²) in [6.45, 7) is 1.72. The smallest absolute Gasteiger partial charge is 0.269 e. The van der Waals surface area contributed by atoms with Crippen LogP contribution in [-0.4, -0.2) is 34.7 Å². The van der Waals surface area contributed by atoms with Gasteiger partial charge in [0.15, 0.2) is 0 Å². The van der Waals surface area contributed by atoms with Crippen LogP contribution < -0.4 is 18.5 Å². The zero-order valence-electron chi connectivity index (χ0n) is 18.6. The lowest BCUT2D eigenvalue weighted by atomic mass is 10.1. The van der Waals surface area contributed by atoms with Crippen molar-refractivity contribution in [2.24, 2.45) is 0 Å². The molecule has 0 fully saturated rings. The Morgan fingerprint density at radius 1 is 0.879 bits per heavy atom. The van der Waals surface area contributed by atoms with Crippen LogP contribution in [0.1, 0.15) is 18.5 Å². The van der Waals surface area contributed by atoms with Gasteiger partial charge in [-0.3, -0.25) is 14.4 Å². The minimum Gasteiger partial charge on any atom is -0.497 e. The number of sulfonamides is 1. The van der Waals surface area contributed by atoms with Crippen molar-refractivity contribution in [2.45, 2.75) is 17.9 Å². The van der Waals surface area contributed by atoms with E-state index in [0.29, 0.717) is 28.5 Å². The third-order valence-corrected chi connectivity index (χ3v) is 7.06. The molecule has 0 heterocycles. The van der Waals surface area contributed by atoms with Gasteiger partial charge in [0.05, 0.1) is 42.9 Å². The molecule has 9 nitrogen and oxygen atoms in total. The lowest BCUT2D eigenvalue weighted by Gasteiger charge is -2.32. The second kappa shape index (κ2) is 9.78. The van der Waals surface area contributed by atoms with Crippen LogP contribution in [0.2, 0.25) is 0 Å². The molecule has 0 N–H and O–H groups in total. The first-order valence-electron chi connectivity index (χ1n) is 9.87. The summed E-state index contributed by atoms with van der Waals surface area (Å²) in [5.74, 6) is 1.49. The van der Waals surface area contributed by atoms with Crippen LogP contribution >= 0.6 is 0 Å². The quantitative estimate of drug-likeness (QED) is 0.331. The van der Waals surface area contributed by atoms with E-state index in [0.717, 1.165) is 12.1 Å². The predicted octanol–water partition coefficient (Wildman–Crippen LogP) is 4.58. The molecule has 3 aromatic carbocycles. The second-order valence-corrected chi connectivity index (χ2v) is 8.85. The molecule has 33 heavy (non-hydrogen) atoms. The number of hydrogen-bond donors (Lipinski definition) is 0. The number of rotatable bonds is 9. The summed E-state index contributed by atoms with van der Waals surface area (Å²) in [5.41, 5.74) is 0.722. The average molecular weight is 473 g/mol. The summed E-state index contributed by atoms with van der Waals surface area (Å²) in [6, 6.07) is 15.8. The van der Waals surface area contributed by atoms with Gasteiger partial charge in [-0.15, -0.1) is 0 Å². The van der Waals surface area contributed by atoms with E-state index < -0.39 is 21.0 Å². The molecular weight excluding hydrogens is 448 g/mol. The van der Waals surface area contributed by atoms with E-state index in [-0.39, 0.29) is 10.6 Å². The highest BCUT2D eigenvalue weighted by Gasteiger charge is 2.32. The Hall–Kier alpha value is -3.79. The SMILES string of the molecule is COc1cccc(N(C(C)c2cc(OC)ccc2OC)S(=O)(=O)c2ccc([N+](=O)[O-])cc2)c1. The van der Waals surface area contributed by atoms with Crippen molar-refractivity contribution in [1.82, 2.24) is 0 Å². The summed E-state index contributed by atoms with van der Waals surface area (Å²) in [7, 11) is 0.351. The summed E-state index contributed by atoms with van der Waals surface area (Å²) < 4.78 is 45.0. The standard InChI is InChI=1S/C23H24N2O7S/c1-16(22-15-20(31-3)10-13-23(22)32-4)24(18-6-5-7-19(14-18)30-2)33(28,29)21-11-8-17(9-12-21)25(26)27/h5-16H,1-4H3. The van der Waals surface area contributed by atoms with Crippen molar-refractivity contribution in [3.63, 3.8) is 0 Å². The lowest BCUT2D eigenvalue weighted by molar-refractivity contribution is -0.384. The van der Waals surface area contributed by atoms with Crippen LogP contribution in [0, 0.1) is 10.1 Å². The molecular formula is C23H24N2O7S. The number of nitro groups is 1. The highest BCUT2D eigenvalue weighted by atomic mass is 32.2. The van der Waals surface area contributed by atoms with E-state index in [1.54, 1.807) is 49.4 Å². The van der Waals surface area contributed by atoms with Gasteiger partial charge in [0.2, 0.25) is 0 Å². The molecule has 0 spiro atoms. The summed E-state index contributed by atoms with van der Waals surface area (Å²) >= 11 is 0. The molecule has 3 aromatic rings. The molecule has 10 heteroatoms. The summed E-state index contributed by atoms with van der Waals surface area (Å²) in [5, 5.41) is 11.0. The fraction of sp³-hybridized carbons (Fsp3) is 0.217. The Morgan fingerprint density at radius 3 is 2.09 bits per heavy atom. The van der Waals surface area contributed by atoms with Gasteiger partial charge >= 0.3 is 0 Å². The summed E-state index contributed by atoms with van der Waals surface area (Å²) in [4.78, 5) is 10.3. The molecule has 1 unspecified atom stereocenters. The lowest BCUT2D eigenvalue weighted by Crippen LogP contribution is -2.34. The molecule has 1 atom stereocenters. The second-order valence-electron chi connectivity index (χ2n) is 7.04. The Kier molecular flexibility index (Phi) is 7.07. The van der Waals surface area contributed by atoms with Gasteiger partial charge < -0.3 is 14.2 Å². The first kappa shape index (κ1) is 23.9. The van der Waals surface area contributed by atoms with Gasteiger partial charge in [0, 0.05) is 23.8 Å². The van der Waals surface area contributed by atoms with Crippen LogP contribution in [0.15, 0.2) is 71.6 Å². The minimum atomic E-state index is -4.15.